The van der Waals surface area contributed by atoms with E-state index in [9.17, 15) is 4.79 Å². The van der Waals surface area contributed by atoms with Crippen LogP contribution in [0.15, 0.2) is 47.1 Å². The summed E-state index contributed by atoms with van der Waals surface area (Å²) in [6.45, 7) is 2.59. The smallest absolute Gasteiger partial charge is 0.258 e. The highest BCUT2D eigenvalue weighted by Crippen LogP contribution is 2.14. The van der Waals surface area contributed by atoms with Crippen LogP contribution in [0, 0.1) is 0 Å². The van der Waals surface area contributed by atoms with Gasteiger partial charge in [0, 0.05) is 0 Å². The lowest BCUT2D eigenvalue weighted by atomic mass is 10.1. The number of rotatable bonds is 9. The van der Waals surface area contributed by atoms with E-state index in [1.54, 1.807) is 12.3 Å². The van der Waals surface area contributed by atoms with Crippen LogP contribution < -0.4 is 10.1 Å². The number of amides is 1. The molecule has 1 amide bonds. The Kier molecular flexibility index (Phi) is 6.55. The third kappa shape index (κ3) is 5.64. The fourth-order valence-electron chi connectivity index (χ4n) is 2.13. The maximum Gasteiger partial charge on any atom is 0.258 e. The number of furan rings is 1. The third-order valence-electron chi connectivity index (χ3n) is 3.40. The van der Waals surface area contributed by atoms with E-state index < -0.39 is 0 Å². The van der Waals surface area contributed by atoms with Crippen LogP contribution >= 0.6 is 0 Å². The topological polar surface area (TPSA) is 51.5 Å². The summed E-state index contributed by atoms with van der Waals surface area (Å²) in [5.74, 6) is 1.28. The second-order valence-corrected chi connectivity index (χ2v) is 5.25. The SMILES string of the molecule is CCCCCc1ccc(OCC(=O)NCc2ccco2)cc1. The van der Waals surface area contributed by atoms with Crippen LogP contribution in [0.3, 0.4) is 0 Å². The Morgan fingerprint density at radius 2 is 2.00 bits per heavy atom. The van der Waals surface area contributed by atoms with Gasteiger partial charge < -0.3 is 14.5 Å². The van der Waals surface area contributed by atoms with Gasteiger partial charge in [0.2, 0.25) is 0 Å². The van der Waals surface area contributed by atoms with Crippen molar-refractivity contribution in [1.82, 2.24) is 5.32 Å². The van der Waals surface area contributed by atoms with Crippen molar-refractivity contribution < 1.29 is 13.9 Å². The van der Waals surface area contributed by atoms with Gasteiger partial charge in [-0.15, -0.1) is 0 Å². The predicted octanol–water partition coefficient (Wildman–Crippen LogP) is 3.71. The molecule has 0 spiro atoms. The first-order chi connectivity index (χ1) is 10.8. The van der Waals surface area contributed by atoms with Crippen molar-refractivity contribution in [3.05, 3.63) is 54.0 Å². The highest BCUT2D eigenvalue weighted by molar-refractivity contribution is 5.77. The quantitative estimate of drug-likeness (QED) is 0.718. The Labute approximate surface area is 131 Å². The predicted molar refractivity (Wildman–Crippen MR) is 85.7 cm³/mol. The van der Waals surface area contributed by atoms with Gasteiger partial charge in [-0.3, -0.25) is 4.79 Å². The number of unbranched alkanes of at least 4 members (excludes halogenated alkanes) is 2. The van der Waals surface area contributed by atoms with Crippen molar-refractivity contribution in [3.8, 4) is 5.75 Å². The molecular weight excluding hydrogens is 278 g/mol. The standard InChI is InChI=1S/C18H23NO3/c1-2-3-4-6-15-8-10-16(11-9-15)22-14-18(20)19-13-17-7-5-12-21-17/h5,7-12H,2-4,6,13-14H2,1H3,(H,19,20). The molecule has 4 heteroatoms. The van der Waals surface area contributed by atoms with E-state index in [0.717, 1.165) is 12.2 Å². The van der Waals surface area contributed by atoms with E-state index in [2.05, 4.69) is 24.4 Å². The highest BCUT2D eigenvalue weighted by atomic mass is 16.5. The van der Waals surface area contributed by atoms with Gasteiger partial charge >= 0.3 is 0 Å². The molecule has 4 nitrogen and oxygen atoms in total. The largest absolute Gasteiger partial charge is 0.484 e. The Balaban J connectivity index is 1.68. The summed E-state index contributed by atoms with van der Waals surface area (Å²) in [5, 5.41) is 2.74. The molecule has 1 heterocycles. The first kappa shape index (κ1) is 16.1. The van der Waals surface area contributed by atoms with Crippen LogP contribution in [0.5, 0.6) is 5.75 Å². The molecule has 1 aromatic heterocycles. The number of hydrogen-bond donors (Lipinski definition) is 1. The zero-order valence-electron chi connectivity index (χ0n) is 13.0. The van der Waals surface area contributed by atoms with Gasteiger partial charge in [-0.2, -0.15) is 0 Å². The molecule has 0 aliphatic carbocycles. The van der Waals surface area contributed by atoms with Crippen molar-refractivity contribution in [2.24, 2.45) is 0 Å². The number of benzene rings is 1. The van der Waals surface area contributed by atoms with Crippen molar-refractivity contribution >= 4 is 5.91 Å². The first-order valence-electron chi connectivity index (χ1n) is 7.78. The van der Waals surface area contributed by atoms with Crippen molar-refractivity contribution in [2.45, 2.75) is 39.2 Å². The molecule has 0 saturated heterocycles. The molecule has 2 rings (SSSR count). The van der Waals surface area contributed by atoms with E-state index in [1.807, 2.05) is 18.2 Å². The molecule has 0 aliphatic heterocycles. The van der Waals surface area contributed by atoms with Gasteiger partial charge in [-0.25, -0.2) is 0 Å². The second-order valence-electron chi connectivity index (χ2n) is 5.25. The summed E-state index contributed by atoms with van der Waals surface area (Å²) in [6.07, 6.45) is 6.38. The molecule has 0 bridgehead atoms. The summed E-state index contributed by atoms with van der Waals surface area (Å²) in [5.41, 5.74) is 1.31. The average molecular weight is 301 g/mol. The van der Waals surface area contributed by atoms with Gasteiger partial charge in [0.25, 0.3) is 5.91 Å². The zero-order valence-corrected chi connectivity index (χ0v) is 13.0. The molecule has 118 valence electrons. The third-order valence-corrected chi connectivity index (χ3v) is 3.40. The monoisotopic (exact) mass is 301 g/mol. The van der Waals surface area contributed by atoms with Gasteiger partial charge in [-0.05, 0) is 42.7 Å². The minimum Gasteiger partial charge on any atom is -0.484 e. The van der Waals surface area contributed by atoms with Crippen molar-refractivity contribution in [2.75, 3.05) is 6.61 Å². The number of nitrogens with one attached hydrogen (secondary N) is 1. The van der Waals surface area contributed by atoms with E-state index in [4.69, 9.17) is 9.15 Å². The van der Waals surface area contributed by atoms with Crippen LogP contribution in [0.25, 0.3) is 0 Å². The van der Waals surface area contributed by atoms with Crippen molar-refractivity contribution in [1.29, 1.82) is 0 Å². The zero-order chi connectivity index (χ0) is 15.6. The maximum absolute atomic E-state index is 11.7. The lowest BCUT2D eigenvalue weighted by molar-refractivity contribution is -0.123. The normalized spacial score (nSPS) is 10.4. The van der Waals surface area contributed by atoms with Gasteiger partial charge in [0.05, 0.1) is 12.8 Å². The van der Waals surface area contributed by atoms with Gasteiger partial charge in [-0.1, -0.05) is 31.9 Å². The van der Waals surface area contributed by atoms with Crippen LogP contribution in [-0.2, 0) is 17.8 Å². The molecular formula is C18H23NO3. The van der Waals surface area contributed by atoms with Crippen LogP contribution in [0.2, 0.25) is 0 Å². The fourth-order valence-corrected chi connectivity index (χ4v) is 2.13. The molecule has 1 aromatic carbocycles. The summed E-state index contributed by atoms with van der Waals surface area (Å²) >= 11 is 0. The number of carbonyl (C=O) groups excluding carboxylic acids is 1. The van der Waals surface area contributed by atoms with E-state index in [-0.39, 0.29) is 12.5 Å². The summed E-state index contributed by atoms with van der Waals surface area (Å²) in [7, 11) is 0. The fraction of sp³-hybridized carbons (Fsp3) is 0.389. The van der Waals surface area contributed by atoms with E-state index in [0.29, 0.717) is 12.3 Å². The Bertz CT molecular complexity index is 546. The number of ether oxygens (including phenoxy) is 1. The van der Waals surface area contributed by atoms with Gasteiger partial charge in [0.15, 0.2) is 6.61 Å². The first-order valence-corrected chi connectivity index (χ1v) is 7.78. The summed E-state index contributed by atoms with van der Waals surface area (Å²) in [6, 6.07) is 11.6. The van der Waals surface area contributed by atoms with E-state index >= 15 is 0 Å². The number of carbonyl (C=O) groups is 1. The average Bonchev–Trinajstić information content (AvgIpc) is 3.06. The summed E-state index contributed by atoms with van der Waals surface area (Å²) < 4.78 is 10.6. The minimum atomic E-state index is -0.163. The Morgan fingerprint density at radius 1 is 1.18 bits per heavy atom. The molecule has 1 N–H and O–H groups in total. The Hall–Kier alpha value is -2.23. The lowest BCUT2D eigenvalue weighted by Gasteiger charge is -2.07. The molecule has 22 heavy (non-hydrogen) atoms. The molecule has 2 aromatic rings. The second kappa shape index (κ2) is 8.93. The minimum absolute atomic E-state index is 0.00981. The maximum atomic E-state index is 11.7. The molecule has 0 radical (unpaired) electrons. The number of aryl methyl sites for hydroxylation is 1. The van der Waals surface area contributed by atoms with E-state index in [1.165, 1.54) is 24.8 Å². The molecule has 0 saturated carbocycles. The molecule has 0 unspecified atom stereocenters. The molecule has 0 fully saturated rings. The van der Waals surface area contributed by atoms with Crippen LogP contribution in [0.1, 0.15) is 37.5 Å². The van der Waals surface area contributed by atoms with Crippen LogP contribution in [-0.4, -0.2) is 12.5 Å². The highest BCUT2D eigenvalue weighted by Gasteiger charge is 2.04. The van der Waals surface area contributed by atoms with Gasteiger partial charge in [0.1, 0.15) is 11.5 Å². The Morgan fingerprint density at radius 3 is 2.68 bits per heavy atom. The molecule has 0 aliphatic rings. The summed E-state index contributed by atoms with van der Waals surface area (Å²) in [4.78, 5) is 11.7. The molecule has 0 atom stereocenters. The van der Waals surface area contributed by atoms with Crippen molar-refractivity contribution in [3.63, 3.8) is 0 Å². The van der Waals surface area contributed by atoms with Crippen LogP contribution in [0.4, 0.5) is 0 Å². The number of hydrogen-bond acceptors (Lipinski definition) is 3. The lowest BCUT2D eigenvalue weighted by Crippen LogP contribution is -2.28.